The van der Waals surface area contributed by atoms with Gasteiger partial charge in [-0.15, -0.1) is 0 Å². The minimum Gasteiger partial charge on any atom is -0.311 e. The van der Waals surface area contributed by atoms with Crippen LogP contribution in [-0.4, -0.2) is 0 Å². The van der Waals surface area contributed by atoms with E-state index in [0.29, 0.717) is 0 Å². The van der Waals surface area contributed by atoms with Gasteiger partial charge in [0.1, 0.15) is 0 Å². The van der Waals surface area contributed by atoms with Crippen LogP contribution in [0.5, 0.6) is 0 Å². The zero-order chi connectivity index (χ0) is 36.0. The Kier molecular flexibility index (Phi) is 9.54. The number of para-hydroxylation sites is 4. The first kappa shape index (κ1) is 33.3. The van der Waals surface area contributed by atoms with E-state index in [2.05, 4.69) is 241 Å². The second-order valence-corrected chi connectivity index (χ2v) is 13.3. The van der Waals surface area contributed by atoms with Crippen molar-refractivity contribution in [3.05, 3.63) is 223 Å². The summed E-state index contributed by atoms with van der Waals surface area (Å²) < 4.78 is 0. The van der Waals surface area contributed by atoms with Crippen LogP contribution >= 0.6 is 0 Å². The van der Waals surface area contributed by atoms with Crippen molar-refractivity contribution < 1.29 is 0 Å². The lowest BCUT2D eigenvalue weighted by atomic mass is 10.0. The quantitative estimate of drug-likeness (QED) is 0.142. The van der Waals surface area contributed by atoms with Crippen LogP contribution in [0.1, 0.15) is 11.1 Å². The molecule has 0 aliphatic carbocycles. The van der Waals surface area contributed by atoms with Gasteiger partial charge in [0, 0.05) is 51.2 Å². The van der Waals surface area contributed by atoms with Crippen LogP contribution in [0.15, 0.2) is 212 Å². The summed E-state index contributed by atoms with van der Waals surface area (Å²) in [5.41, 5.74) is 14.6. The maximum absolute atomic E-state index is 2.34. The highest BCUT2D eigenvalue weighted by Crippen LogP contribution is 2.43. The predicted octanol–water partition coefficient (Wildman–Crippen LogP) is 14.4. The molecule has 0 fully saturated rings. The molecule has 0 bridgehead atoms. The van der Waals surface area contributed by atoms with E-state index in [4.69, 9.17) is 0 Å². The SMILES string of the molecule is Cc1ccc(N(c2ccc(C)cc2)c2ccc(-c3cc(N(c4ccccc4)c4ccccc4)cc(N(c4ccccc4)c4ccccc4)c3)cc2)cc1. The normalized spacial score (nSPS) is 10.8. The van der Waals surface area contributed by atoms with Crippen molar-refractivity contribution in [2.45, 2.75) is 13.8 Å². The van der Waals surface area contributed by atoms with Crippen LogP contribution in [-0.2, 0) is 0 Å². The van der Waals surface area contributed by atoms with Gasteiger partial charge in [-0.1, -0.05) is 120 Å². The van der Waals surface area contributed by atoms with Gasteiger partial charge in [0.15, 0.2) is 0 Å². The van der Waals surface area contributed by atoms with Crippen LogP contribution in [0.25, 0.3) is 11.1 Å². The summed E-state index contributed by atoms with van der Waals surface area (Å²) in [5.74, 6) is 0. The molecular weight excluding hydrogens is 643 g/mol. The minimum atomic E-state index is 1.07. The Balaban J connectivity index is 1.30. The molecule has 0 aromatic heterocycles. The van der Waals surface area contributed by atoms with Crippen LogP contribution in [0.2, 0.25) is 0 Å². The first-order valence-corrected chi connectivity index (χ1v) is 18.1. The van der Waals surface area contributed by atoms with Crippen LogP contribution < -0.4 is 14.7 Å². The first-order chi connectivity index (χ1) is 26.1. The average molecular weight is 684 g/mol. The summed E-state index contributed by atoms with van der Waals surface area (Å²) in [6.45, 7) is 4.26. The highest BCUT2D eigenvalue weighted by Gasteiger charge is 2.20. The lowest BCUT2D eigenvalue weighted by Crippen LogP contribution is -2.13. The second kappa shape index (κ2) is 15.2. The third kappa shape index (κ3) is 7.33. The summed E-state index contributed by atoms with van der Waals surface area (Å²) in [6.07, 6.45) is 0. The van der Waals surface area contributed by atoms with E-state index in [0.717, 1.165) is 62.3 Å². The Labute approximate surface area is 313 Å². The molecule has 8 rings (SSSR count). The Hall–Kier alpha value is -6.84. The van der Waals surface area contributed by atoms with Crippen molar-refractivity contribution in [1.82, 2.24) is 0 Å². The molecule has 256 valence electrons. The number of aryl methyl sites for hydroxylation is 2. The van der Waals surface area contributed by atoms with Gasteiger partial charge in [-0.05, 0) is 128 Å². The molecule has 0 aliphatic heterocycles. The fourth-order valence-corrected chi connectivity index (χ4v) is 6.86. The van der Waals surface area contributed by atoms with Gasteiger partial charge >= 0.3 is 0 Å². The Morgan fingerprint density at radius 1 is 0.226 bits per heavy atom. The van der Waals surface area contributed by atoms with Gasteiger partial charge in [-0.2, -0.15) is 0 Å². The third-order valence-corrected chi connectivity index (χ3v) is 9.52. The summed E-state index contributed by atoms with van der Waals surface area (Å²) in [7, 11) is 0. The number of hydrogen-bond donors (Lipinski definition) is 0. The van der Waals surface area contributed by atoms with E-state index in [9.17, 15) is 0 Å². The number of nitrogens with zero attached hydrogens (tertiary/aromatic N) is 3. The van der Waals surface area contributed by atoms with Crippen LogP contribution in [0.3, 0.4) is 0 Å². The lowest BCUT2D eigenvalue weighted by molar-refractivity contribution is 1.25. The van der Waals surface area contributed by atoms with Crippen molar-refractivity contribution >= 4 is 51.2 Å². The highest BCUT2D eigenvalue weighted by molar-refractivity contribution is 5.88. The van der Waals surface area contributed by atoms with E-state index in [1.807, 2.05) is 0 Å². The lowest BCUT2D eigenvalue weighted by Gasteiger charge is -2.30. The number of benzene rings is 8. The smallest absolute Gasteiger partial charge is 0.0488 e. The Morgan fingerprint density at radius 3 is 0.811 bits per heavy atom. The molecule has 3 nitrogen and oxygen atoms in total. The van der Waals surface area contributed by atoms with Gasteiger partial charge in [0.25, 0.3) is 0 Å². The molecule has 8 aromatic carbocycles. The summed E-state index contributed by atoms with van der Waals surface area (Å²) >= 11 is 0. The number of rotatable bonds is 10. The van der Waals surface area contributed by atoms with E-state index >= 15 is 0 Å². The van der Waals surface area contributed by atoms with Crippen molar-refractivity contribution in [3.8, 4) is 11.1 Å². The van der Waals surface area contributed by atoms with Gasteiger partial charge in [0.05, 0.1) is 0 Å². The second-order valence-electron chi connectivity index (χ2n) is 13.3. The molecule has 0 atom stereocenters. The zero-order valence-corrected chi connectivity index (χ0v) is 30.0. The summed E-state index contributed by atoms with van der Waals surface area (Å²) in [4.78, 5) is 7.00. The molecule has 0 radical (unpaired) electrons. The topological polar surface area (TPSA) is 9.72 Å². The summed E-state index contributed by atoms with van der Waals surface area (Å²) in [5, 5.41) is 0. The van der Waals surface area contributed by atoms with E-state index in [1.165, 1.54) is 11.1 Å². The Morgan fingerprint density at radius 2 is 0.491 bits per heavy atom. The average Bonchev–Trinajstić information content (AvgIpc) is 3.21. The van der Waals surface area contributed by atoms with Crippen LogP contribution in [0, 0.1) is 13.8 Å². The standard InChI is InChI=1S/C50H41N3/c1-38-23-29-46(30-24-38)51(47-31-25-39(2)26-32-47)48-33-27-40(28-34-48)41-35-49(52(42-15-7-3-8-16-42)43-17-9-4-10-18-43)37-50(36-41)53(44-19-11-5-12-20-44)45-21-13-6-14-22-45/h3-37H,1-2H3. The largest absolute Gasteiger partial charge is 0.311 e. The fraction of sp³-hybridized carbons (Fsp3) is 0.0400. The van der Waals surface area contributed by atoms with Crippen LogP contribution in [0.4, 0.5) is 51.2 Å². The van der Waals surface area contributed by atoms with Crippen molar-refractivity contribution in [2.24, 2.45) is 0 Å². The van der Waals surface area contributed by atoms with Gasteiger partial charge < -0.3 is 14.7 Å². The van der Waals surface area contributed by atoms with E-state index in [-0.39, 0.29) is 0 Å². The van der Waals surface area contributed by atoms with Gasteiger partial charge in [-0.25, -0.2) is 0 Å². The van der Waals surface area contributed by atoms with Crippen molar-refractivity contribution in [3.63, 3.8) is 0 Å². The molecule has 0 heterocycles. The van der Waals surface area contributed by atoms with E-state index in [1.54, 1.807) is 0 Å². The maximum atomic E-state index is 2.34. The van der Waals surface area contributed by atoms with Crippen molar-refractivity contribution in [1.29, 1.82) is 0 Å². The first-order valence-electron chi connectivity index (χ1n) is 18.1. The molecule has 0 aliphatic rings. The molecule has 0 spiro atoms. The molecule has 3 heteroatoms. The van der Waals surface area contributed by atoms with Gasteiger partial charge in [-0.3, -0.25) is 0 Å². The number of hydrogen-bond acceptors (Lipinski definition) is 3. The molecule has 0 unspecified atom stereocenters. The Bertz CT molecular complexity index is 2150. The highest BCUT2D eigenvalue weighted by atomic mass is 15.2. The maximum Gasteiger partial charge on any atom is 0.0488 e. The third-order valence-electron chi connectivity index (χ3n) is 9.52. The zero-order valence-electron chi connectivity index (χ0n) is 30.0. The van der Waals surface area contributed by atoms with Crippen molar-refractivity contribution in [2.75, 3.05) is 14.7 Å². The molecule has 8 aromatic rings. The minimum absolute atomic E-state index is 1.07. The fourth-order valence-electron chi connectivity index (χ4n) is 6.86. The molecule has 0 saturated heterocycles. The molecular formula is C50H41N3. The van der Waals surface area contributed by atoms with E-state index < -0.39 is 0 Å². The molecule has 53 heavy (non-hydrogen) atoms. The van der Waals surface area contributed by atoms with Gasteiger partial charge in [0.2, 0.25) is 0 Å². The monoisotopic (exact) mass is 683 g/mol. The summed E-state index contributed by atoms with van der Waals surface area (Å²) in [6, 6.07) is 75.8. The number of anilines is 9. The molecule has 0 saturated carbocycles. The molecule has 0 N–H and O–H groups in total. The predicted molar refractivity (Wildman–Crippen MR) is 225 cm³/mol. The molecule has 0 amide bonds.